The first-order valence-corrected chi connectivity index (χ1v) is 5.41. The van der Waals surface area contributed by atoms with Crippen LogP contribution in [0.4, 0.5) is 17.6 Å². The largest absolute Gasteiger partial charge is 0.453 e. The van der Waals surface area contributed by atoms with E-state index in [-0.39, 0.29) is 5.69 Å². The lowest BCUT2D eigenvalue weighted by Gasteiger charge is -2.09. The molecule has 0 aliphatic rings. The van der Waals surface area contributed by atoms with Crippen LogP contribution in [0.25, 0.3) is 5.69 Å². The number of nitrogens with zero attached hydrogens (tertiary/aromatic N) is 4. The molecule has 2 rings (SSSR count). The average Bonchev–Trinajstić information content (AvgIpc) is 2.73. The molecule has 0 radical (unpaired) electrons. The number of aromatic nitrogens is 4. The van der Waals surface area contributed by atoms with Crippen molar-refractivity contribution in [2.45, 2.75) is 13.1 Å². The number of rotatable bonds is 1. The molecule has 0 aliphatic carbocycles. The standard InChI is InChI=1S/C9H5BrF4N4/c1-4-6(10)2-5(3-7(4)11)18-8(9(12,13)14)15-16-17-18/h2-3H,1H3. The Morgan fingerprint density at radius 2 is 1.94 bits per heavy atom. The van der Waals surface area contributed by atoms with Crippen molar-refractivity contribution in [2.75, 3.05) is 0 Å². The highest BCUT2D eigenvalue weighted by Gasteiger charge is 2.38. The summed E-state index contributed by atoms with van der Waals surface area (Å²) in [4.78, 5) is 0. The van der Waals surface area contributed by atoms with Gasteiger partial charge < -0.3 is 0 Å². The van der Waals surface area contributed by atoms with Gasteiger partial charge in [0.2, 0.25) is 0 Å². The first-order chi connectivity index (χ1) is 8.30. The van der Waals surface area contributed by atoms with E-state index in [1.54, 1.807) is 0 Å². The second kappa shape index (κ2) is 4.30. The predicted molar refractivity (Wildman–Crippen MR) is 56.6 cm³/mol. The van der Waals surface area contributed by atoms with Gasteiger partial charge in [-0.25, -0.2) is 4.39 Å². The van der Waals surface area contributed by atoms with Gasteiger partial charge in [-0.05, 0) is 29.0 Å². The maximum atomic E-state index is 13.5. The number of benzene rings is 1. The molecule has 0 amide bonds. The molecule has 0 N–H and O–H groups in total. The molecule has 0 bridgehead atoms. The highest BCUT2D eigenvalue weighted by molar-refractivity contribution is 9.10. The lowest BCUT2D eigenvalue weighted by Crippen LogP contribution is -2.15. The first-order valence-electron chi connectivity index (χ1n) is 4.62. The van der Waals surface area contributed by atoms with Crippen LogP contribution in [-0.2, 0) is 6.18 Å². The Morgan fingerprint density at radius 3 is 2.50 bits per heavy atom. The van der Waals surface area contributed by atoms with Crippen molar-refractivity contribution in [1.82, 2.24) is 20.2 Å². The van der Waals surface area contributed by atoms with E-state index in [0.29, 0.717) is 14.7 Å². The van der Waals surface area contributed by atoms with Crippen LogP contribution >= 0.6 is 15.9 Å². The summed E-state index contributed by atoms with van der Waals surface area (Å²) in [5.74, 6) is -1.96. The zero-order chi connectivity index (χ0) is 13.5. The number of tetrazole rings is 1. The van der Waals surface area contributed by atoms with Crippen LogP contribution in [0.15, 0.2) is 16.6 Å². The number of halogens is 5. The fraction of sp³-hybridized carbons (Fsp3) is 0.222. The van der Waals surface area contributed by atoms with Crippen LogP contribution in [0.3, 0.4) is 0 Å². The minimum absolute atomic E-state index is 0.109. The molecule has 1 aromatic carbocycles. The number of hydrogen-bond donors (Lipinski definition) is 0. The molecule has 0 saturated carbocycles. The third-order valence-electron chi connectivity index (χ3n) is 2.23. The summed E-state index contributed by atoms with van der Waals surface area (Å²) in [6.45, 7) is 1.49. The van der Waals surface area contributed by atoms with E-state index in [1.807, 2.05) is 0 Å². The Kier molecular flexibility index (Phi) is 3.09. The van der Waals surface area contributed by atoms with Gasteiger partial charge in [0.05, 0.1) is 5.69 Å². The Bertz CT molecular complexity index is 569. The summed E-state index contributed by atoms with van der Waals surface area (Å²) >= 11 is 3.05. The molecule has 9 heteroatoms. The van der Waals surface area contributed by atoms with Crippen molar-refractivity contribution in [3.05, 3.63) is 33.8 Å². The second-order valence-electron chi connectivity index (χ2n) is 3.45. The smallest absolute Gasteiger partial charge is 0.207 e. The fourth-order valence-corrected chi connectivity index (χ4v) is 1.72. The van der Waals surface area contributed by atoms with Gasteiger partial charge in [0, 0.05) is 10.5 Å². The molecule has 18 heavy (non-hydrogen) atoms. The van der Waals surface area contributed by atoms with Crippen molar-refractivity contribution in [3.63, 3.8) is 0 Å². The molecule has 2 aromatic rings. The molecule has 1 heterocycles. The maximum Gasteiger partial charge on any atom is 0.453 e. The molecule has 96 valence electrons. The lowest BCUT2D eigenvalue weighted by atomic mass is 10.2. The molecule has 0 aliphatic heterocycles. The Morgan fingerprint density at radius 1 is 1.28 bits per heavy atom. The van der Waals surface area contributed by atoms with Crippen LogP contribution in [0, 0.1) is 12.7 Å². The highest BCUT2D eigenvalue weighted by atomic mass is 79.9. The van der Waals surface area contributed by atoms with Crippen LogP contribution < -0.4 is 0 Å². The minimum Gasteiger partial charge on any atom is -0.207 e. The molecule has 1 aromatic heterocycles. The number of alkyl halides is 3. The predicted octanol–water partition coefficient (Wildman–Crippen LogP) is 2.89. The SMILES string of the molecule is Cc1c(F)cc(-n2nnnc2C(F)(F)F)cc1Br. The third-order valence-corrected chi connectivity index (χ3v) is 3.06. The number of hydrogen-bond acceptors (Lipinski definition) is 3. The first kappa shape index (κ1) is 12.9. The second-order valence-corrected chi connectivity index (χ2v) is 4.30. The van der Waals surface area contributed by atoms with Crippen LogP contribution in [0.2, 0.25) is 0 Å². The van der Waals surface area contributed by atoms with E-state index in [4.69, 9.17) is 0 Å². The van der Waals surface area contributed by atoms with E-state index in [0.717, 1.165) is 6.07 Å². The van der Waals surface area contributed by atoms with Gasteiger partial charge in [-0.2, -0.15) is 17.9 Å². The van der Waals surface area contributed by atoms with Gasteiger partial charge in [-0.3, -0.25) is 0 Å². The molecular formula is C9H5BrF4N4. The van der Waals surface area contributed by atoms with Gasteiger partial charge in [-0.1, -0.05) is 15.9 Å². The molecule has 0 saturated heterocycles. The van der Waals surface area contributed by atoms with E-state index in [2.05, 4.69) is 31.5 Å². The summed E-state index contributed by atoms with van der Waals surface area (Å²) in [6.07, 6.45) is -4.71. The van der Waals surface area contributed by atoms with E-state index < -0.39 is 17.8 Å². The third kappa shape index (κ3) is 2.22. The Labute approximate surface area is 107 Å². The van der Waals surface area contributed by atoms with Gasteiger partial charge in [-0.15, -0.1) is 5.10 Å². The summed E-state index contributed by atoms with van der Waals surface area (Å²) in [6, 6.07) is 2.25. The maximum absolute atomic E-state index is 13.5. The van der Waals surface area contributed by atoms with E-state index in [9.17, 15) is 17.6 Å². The minimum atomic E-state index is -4.71. The van der Waals surface area contributed by atoms with Gasteiger partial charge >= 0.3 is 6.18 Å². The Hall–Kier alpha value is -1.51. The van der Waals surface area contributed by atoms with Crippen LogP contribution in [0.1, 0.15) is 11.4 Å². The van der Waals surface area contributed by atoms with Crippen molar-refractivity contribution < 1.29 is 17.6 Å². The molecule has 0 unspecified atom stereocenters. The molecule has 0 spiro atoms. The summed E-state index contributed by atoms with van der Waals surface area (Å²) in [5, 5.41) is 9.05. The fourth-order valence-electron chi connectivity index (χ4n) is 1.29. The van der Waals surface area contributed by atoms with Gasteiger partial charge in [0.15, 0.2) is 0 Å². The molecule has 0 atom stereocenters. The van der Waals surface area contributed by atoms with Crippen LogP contribution in [-0.4, -0.2) is 20.2 Å². The topological polar surface area (TPSA) is 43.6 Å². The zero-order valence-electron chi connectivity index (χ0n) is 8.83. The normalized spacial score (nSPS) is 11.9. The van der Waals surface area contributed by atoms with E-state index >= 15 is 0 Å². The monoisotopic (exact) mass is 324 g/mol. The molecule has 0 fully saturated rings. The Balaban J connectivity index is 2.60. The molecular weight excluding hydrogens is 320 g/mol. The average molecular weight is 325 g/mol. The highest BCUT2D eigenvalue weighted by Crippen LogP contribution is 2.30. The van der Waals surface area contributed by atoms with Gasteiger partial charge in [0.25, 0.3) is 5.82 Å². The van der Waals surface area contributed by atoms with Crippen molar-refractivity contribution in [3.8, 4) is 5.69 Å². The van der Waals surface area contributed by atoms with Crippen molar-refractivity contribution in [2.24, 2.45) is 0 Å². The summed E-state index contributed by atoms with van der Waals surface area (Å²) < 4.78 is 52.0. The van der Waals surface area contributed by atoms with Crippen LogP contribution in [0.5, 0.6) is 0 Å². The summed E-state index contributed by atoms with van der Waals surface area (Å²) in [5.41, 5.74) is 0.183. The lowest BCUT2D eigenvalue weighted by molar-refractivity contribution is -0.146. The quantitative estimate of drug-likeness (QED) is 0.757. The van der Waals surface area contributed by atoms with Crippen molar-refractivity contribution >= 4 is 15.9 Å². The van der Waals surface area contributed by atoms with E-state index in [1.165, 1.54) is 13.0 Å². The van der Waals surface area contributed by atoms with Crippen molar-refractivity contribution in [1.29, 1.82) is 0 Å². The zero-order valence-corrected chi connectivity index (χ0v) is 10.4. The van der Waals surface area contributed by atoms with Gasteiger partial charge in [0.1, 0.15) is 5.82 Å². The summed E-state index contributed by atoms with van der Waals surface area (Å²) in [7, 11) is 0. The molecule has 4 nitrogen and oxygen atoms in total.